The van der Waals surface area contributed by atoms with Crippen LogP contribution in [-0.4, -0.2) is 18.7 Å². The van der Waals surface area contributed by atoms with E-state index in [2.05, 4.69) is 32.4 Å². The van der Waals surface area contributed by atoms with E-state index in [0.29, 0.717) is 5.75 Å². The Kier molecular flexibility index (Phi) is 6.40. The average Bonchev–Trinajstić information content (AvgIpc) is 2.55. The summed E-state index contributed by atoms with van der Waals surface area (Å²) in [4.78, 5) is 11.8. The van der Waals surface area contributed by atoms with E-state index < -0.39 is 0 Å². The van der Waals surface area contributed by atoms with Gasteiger partial charge in [-0.1, -0.05) is 46.1 Å². The van der Waals surface area contributed by atoms with Crippen molar-refractivity contribution in [2.75, 3.05) is 6.61 Å². The molecule has 116 valence electrons. The van der Waals surface area contributed by atoms with Crippen LogP contribution in [0, 0.1) is 12.3 Å². The summed E-state index contributed by atoms with van der Waals surface area (Å²) in [6.45, 7) is 0.213. The molecule has 0 aliphatic rings. The summed E-state index contributed by atoms with van der Waals surface area (Å²) in [5.74, 6) is 2.89. The molecule has 0 heterocycles. The third-order valence-electron chi connectivity index (χ3n) is 2.86. The van der Waals surface area contributed by atoms with Gasteiger partial charge in [0.1, 0.15) is 12.4 Å². The monoisotopic (exact) mass is 370 g/mol. The van der Waals surface area contributed by atoms with Gasteiger partial charge >= 0.3 is 0 Å². The van der Waals surface area contributed by atoms with Crippen molar-refractivity contribution >= 4 is 28.1 Å². The molecule has 1 amide bonds. The number of halogens is 1. The van der Waals surface area contributed by atoms with Gasteiger partial charge in [0.15, 0.2) is 0 Å². The lowest BCUT2D eigenvalue weighted by atomic mass is 10.1. The number of carbonyl (C=O) groups is 1. The molecule has 0 bridgehead atoms. The van der Waals surface area contributed by atoms with E-state index >= 15 is 0 Å². The number of hydrazone groups is 1. The van der Waals surface area contributed by atoms with E-state index in [4.69, 9.17) is 11.2 Å². The van der Waals surface area contributed by atoms with Crippen molar-refractivity contribution in [2.24, 2.45) is 5.10 Å². The van der Waals surface area contributed by atoms with Crippen LogP contribution >= 0.6 is 15.9 Å². The lowest BCUT2D eigenvalue weighted by molar-refractivity contribution is -0.120. The molecule has 1 N–H and O–H groups in total. The Balaban J connectivity index is 1.87. The van der Waals surface area contributed by atoms with Crippen LogP contribution in [0.15, 0.2) is 58.1 Å². The van der Waals surface area contributed by atoms with Gasteiger partial charge in [0, 0.05) is 4.47 Å². The van der Waals surface area contributed by atoms with Crippen molar-refractivity contribution in [3.63, 3.8) is 0 Å². The molecule has 0 fully saturated rings. The highest BCUT2D eigenvalue weighted by Crippen LogP contribution is 2.12. The van der Waals surface area contributed by atoms with E-state index in [1.54, 1.807) is 18.3 Å². The summed E-state index contributed by atoms with van der Waals surface area (Å²) in [6, 6.07) is 14.9. The van der Waals surface area contributed by atoms with Crippen LogP contribution in [0.1, 0.15) is 11.1 Å². The summed E-state index contributed by atoms with van der Waals surface area (Å²) < 4.78 is 6.30. The number of amides is 1. The summed E-state index contributed by atoms with van der Waals surface area (Å²) in [6.07, 6.45) is 6.98. The SMILES string of the molecule is C#CCOc1cccc(/C=N/NC(=O)Cc2ccc(Br)cc2)c1. The van der Waals surface area contributed by atoms with Gasteiger partial charge in [-0.2, -0.15) is 5.10 Å². The molecule has 0 saturated carbocycles. The Morgan fingerprint density at radius 1 is 1.30 bits per heavy atom. The molecular formula is C18H15BrN2O2. The molecule has 0 aliphatic heterocycles. The summed E-state index contributed by atoms with van der Waals surface area (Å²) in [5, 5.41) is 3.95. The van der Waals surface area contributed by atoms with Crippen LogP contribution in [0.3, 0.4) is 0 Å². The first-order chi connectivity index (χ1) is 11.2. The Morgan fingerprint density at radius 2 is 2.09 bits per heavy atom. The van der Waals surface area contributed by atoms with Crippen molar-refractivity contribution in [1.82, 2.24) is 5.43 Å². The molecule has 23 heavy (non-hydrogen) atoms. The molecule has 0 aliphatic carbocycles. The molecule has 5 heteroatoms. The number of carbonyl (C=O) groups excluding carboxylic acids is 1. The number of nitrogens with zero attached hydrogens (tertiary/aromatic N) is 1. The molecule has 2 aromatic rings. The molecular weight excluding hydrogens is 356 g/mol. The van der Waals surface area contributed by atoms with Gasteiger partial charge in [-0.25, -0.2) is 5.43 Å². The third kappa shape index (κ3) is 5.97. The molecule has 0 radical (unpaired) electrons. The lowest BCUT2D eigenvalue weighted by Crippen LogP contribution is -2.19. The molecule has 0 unspecified atom stereocenters. The van der Waals surface area contributed by atoms with Crippen molar-refractivity contribution in [3.05, 3.63) is 64.1 Å². The number of hydrogen-bond acceptors (Lipinski definition) is 3. The second-order valence-corrected chi connectivity index (χ2v) is 5.58. The number of terminal acetylenes is 1. The van der Waals surface area contributed by atoms with Crippen molar-refractivity contribution < 1.29 is 9.53 Å². The second-order valence-electron chi connectivity index (χ2n) is 4.66. The molecule has 2 rings (SSSR count). The molecule has 0 saturated heterocycles. The van der Waals surface area contributed by atoms with Gasteiger partial charge in [0.2, 0.25) is 5.91 Å². The summed E-state index contributed by atoms with van der Waals surface area (Å²) in [5.41, 5.74) is 4.23. The smallest absolute Gasteiger partial charge is 0.244 e. The number of hydrogen-bond donors (Lipinski definition) is 1. The highest BCUT2D eigenvalue weighted by atomic mass is 79.9. The third-order valence-corrected chi connectivity index (χ3v) is 3.39. The Bertz CT molecular complexity index is 733. The van der Waals surface area contributed by atoms with Crippen LogP contribution in [0.4, 0.5) is 0 Å². The van der Waals surface area contributed by atoms with Crippen molar-refractivity contribution in [1.29, 1.82) is 0 Å². The van der Waals surface area contributed by atoms with Gasteiger partial charge < -0.3 is 4.74 Å². The van der Waals surface area contributed by atoms with Gasteiger partial charge in [-0.15, -0.1) is 6.42 Å². The quantitative estimate of drug-likeness (QED) is 0.482. The number of ether oxygens (including phenoxy) is 1. The zero-order valence-corrected chi connectivity index (χ0v) is 13.9. The summed E-state index contributed by atoms with van der Waals surface area (Å²) >= 11 is 3.36. The Morgan fingerprint density at radius 3 is 2.83 bits per heavy atom. The van der Waals surface area contributed by atoms with Crippen LogP contribution in [0.5, 0.6) is 5.75 Å². The van der Waals surface area contributed by atoms with Crippen LogP contribution in [-0.2, 0) is 11.2 Å². The van der Waals surface area contributed by atoms with Gasteiger partial charge in [-0.3, -0.25) is 4.79 Å². The zero-order valence-electron chi connectivity index (χ0n) is 12.3. The number of rotatable bonds is 6. The molecule has 4 nitrogen and oxygen atoms in total. The number of benzene rings is 2. The van der Waals surface area contributed by atoms with E-state index in [-0.39, 0.29) is 18.9 Å². The van der Waals surface area contributed by atoms with E-state index in [9.17, 15) is 4.79 Å². The first-order valence-corrected chi connectivity index (χ1v) is 7.69. The fraction of sp³-hybridized carbons (Fsp3) is 0.111. The van der Waals surface area contributed by atoms with Crippen LogP contribution in [0.2, 0.25) is 0 Å². The fourth-order valence-electron chi connectivity index (χ4n) is 1.82. The van der Waals surface area contributed by atoms with E-state index in [1.165, 1.54) is 0 Å². The van der Waals surface area contributed by atoms with Gasteiger partial charge in [0.25, 0.3) is 0 Å². The Hall–Kier alpha value is -2.58. The highest BCUT2D eigenvalue weighted by Gasteiger charge is 2.01. The first-order valence-electron chi connectivity index (χ1n) is 6.90. The Labute approximate surface area is 143 Å². The van der Waals surface area contributed by atoms with Crippen LogP contribution in [0.25, 0.3) is 0 Å². The van der Waals surface area contributed by atoms with Crippen LogP contribution < -0.4 is 10.2 Å². The van der Waals surface area contributed by atoms with Gasteiger partial charge in [0.05, 0.1) is 12.6 Å². The minimum Gasteiger partial charge on any atom is -0.481 e. The maximum absolute atomic E-state index is 11.8. The predicted molar refractivity (Wildman–Crippen MR) is 94.4 cm³/mol. The van der Waals surface area contributed by atoms with Gasteiger partial charge in [-0.05, 0) is 35.4 Å². The first kappa shape index (κ1) is 16.8. The van der Waals surface area contributed by atoms with E-state index in [1.807, 2.05) is 36.4 Å². The second kappa shape index (κ2) is 8.76. The van der Waals surface area contributed by atoms with Crippen molar-refractivity contribution in [2.45, 2.75) is 6.42 Å². The fourth-order valence-corrected chi connectivity index (χ4v) is 2.08. The topological polar surface area (TPSA) is 50.7 Å². The zero-order chi connectivity index (χ0) is 16.5. The standard InChI is InChI=1S/C18H15BrN2O2/c1-2-10-23-17-5-3-4-15(11-17)13-20-21-18(22)12-14-6-8-16(19)9-7-14/h1,3-9,11,13H,10,12H2,(H,21,22)/b20-13+. The largest absolute Gasteiger partial charge is 0.481 e. The normalized spacial score (nSPS) is 10.3. The molecule has 0 atom stereocenters. The maximum Gasteiger partial charge on any atom is 0.244 e. The molecule has 2 aromatic carbocycles. The van der Waals surface area contributed by atoms with Crippen molar-refractivity contribution in [3.8, 4) is 18.1 Å². The maximum atomic E-state index is 11.8. The molecule has 0 spiro atoms. The molecule has 0 aromatic heterocycles. The number of nitrogens with one attached hydrogen (secondary N) is 1. The summed E-state index contributed by atoms with van der Waals surface area (Å²) in [7, 11) is 0. The average molecular weight is 371 g/mol. The highest BCUT2D eigenvalue weighted by molar-refractivity contribution is 9.10. The predicted octanol–water partition coefficient (Wildman–Crippen LogP) is 3.15. The minimum atomic E-state index is -0.177. The lowest BCUT2D eigenvalue weighted by Gasteiger charge is -2.03. The van der Waals surface area contributed by atoms with E-state index in [0.717, 1.165) is 15.6 Å². The minimum absolute atomic E-state index is 0.177.